The van der Waals surface area contributed by atoms with Crippen LogP contribution < -0.4 is 10.1 Å². The number of rotatable bonds is 6. The van der Waals surface area contributed by atoms with Crippen LogP contribution >= 0.6 is 0 Å². The van der Waals surface area contributed by atoms with Crippen LogP contribution in [0.3, 0.4) is 0 Å². The first-order valence-corrected chi connectivity index (χ1v) is 13.4. The van der Waals surface area contributed by atoms with Gasteiger partial charge >= 0.3 is 0 Å². The van der Waals surface area contributed by atoms with Gasteiger partial charge in [-0.15, -0.1) is 0 Å². The highest BCUT2D eigenvalue weighted by atomic mass is 16.5. The monoisotopic (exact) mass is 520 g/mol. The molecular formula is C34H36N2O3. The van der Waals surface area contributed by atoms with Gasteiger partial charge in [-0.3, -0.25) is 14.5 Å². The Morgan fingerprint density at radius 2 is 1.51 bits per heavy atom. The second-order valence-electron chi connectivity index (χ2n) is 12.2. The molecule has 0 aliphatic carbocycles. The molecule has 0 saturated carbocycles. The maximum Gasteiger partial charge on any atom is 0.252 e. The molecule has 2 heterocycles. The summed E-state index contributed by atoms with van der Waals surface area (Å²) in [6.07, 6.45) is 2.46. The quantitative estimate of drug-likeness (QED) is 0.390. The molecule has 0 bridgehead atoms. The average molecular weight is 521 g/mol. The molecule has 2 aliphatic rings. The summed E-state index contributed by atoms with van der Waals surface area (Å²) in [5.74, 6) is 0.377. The van der Waals surface area contributed by atoms with E-state index in [1.807, 2.05) is 92.7 Å². The summed E-state index contributed by atoms with van der Waals surface area (Å²) < 4.78 is 5.40. The molecule has 0 fully saturated rings. The lowest BCUT2D eigenvalue weighted by Gasteiger charge is -2.40. The Labute approximate surface area is 231 Å². The molecule has 0 spiro atoms. The van der Waals surface area contributed by atoms with Crippen molar-refractivity contribution in [2.24, 2.45) is 5.41 Å². The molecule has 1 N–H and O–H groups in total. The van der Waals surface area contributed by atoms with Gasteiger partial charge in [-0.1, -0.05) is 87.5 Å². The summed E-state index contributed by atoms with van der Waals surface area (Å²) in [6, 6.07) is 24.9. The van der Waals surface area contributed by atoms with Gasteiger partial charge in [0, 0.05) is 22.8 Å². The summed E-state index contributed by atoms with van der Waals surface area (Å²) in [5.41, 5.74) is 5.70. The van der Waals surface area contributed by atoms with E-state index >= 15 is 0 Å². The van der Waals surface area contributed by atoms with E-state index in [4.69, 9.17) is 4.74 Å². The van der Waals surface area contributed by atoms with E-state index in [9.17, 15) is 9.59 Å². The summed E-state index contributed by atoms with van der Waals surface area (Å²) in [5, 5.41) is 3.29. The fourth-order valence-electron chi connectivity index (χ4n) is 6.16. The molecule has 2 amide bonds. The van der Waals surface area contributed by atoms with Crippen LogP contribution in [0, 0.1) is 5.41 Å². The standard InChI is InChI=1S/C34H36N2O3/c1-33(2,3)21-34(4,5)35-32(38)31-26-15-11-10-14-25(26)29(23-16-18-24(39-6)19-17-23)30-27(20-28(37)36(30)31)22-12-8-7-9-13-22/h7-20,31H,21H2,1-6H3,(H,35,38). The molecule has 3 aromatic rings. The maximum absolute atomic E-state index is 14.2. The summed E-state index contributed by atoms with van der Waals surface area (Å²) in [4.78, 5) is 29.6. The predicted octanol–water partition coefficient (Wildman–Crippen LogP) is 6.77. The molecule has 5 rings (SSSR count). The summed E-state index contributed by atoms with van der Waals surface area (Å²) in [7, 11) is 1.64. The molecule has 0 radical (unpaired) electrons. The molecule has 0 saturated heterocycles. The van der Waals surface area contributed by atoms with Crippen molar-refractivity contribution in [1.82, 2.24) is 10.2 Å². The van der Waals surface area contributed by atoms with E-state index in [1.165, 1.54) is 0 Å². The first-order valence-electron chi connectivity index (χ1n) is 13.4. The molecule has 3 aromatic carbocycles. The highest BCUT2D eigenvalue weighted by molar-refractivity contribution is 6.14. The second-order valence-corrected chi connectivity index (χ2v) is 12.2. The number of hydrogen-bond donors (Lipinski definition) is 1. The fourth-order valence-corrected chi connectivity index (χ4v) is 6.16. The van der Waals surface area contributed by atoms with Crippen LogP contribution in [-0.2, 0) is 9.59 Å². The molecule has 39 heavy (non-hydrogen) atoms. The summed E-state index contributed by atoms with van der Waals surface area (Å²) in [6.45, 7) is 10.6. The van der Waals surface area contributed by atoms with Crippen molar-refractivity contribution in [3.63, 3.8) is 0 Å². The van der Waals surface area contributed by atoms with Crippen LogP contribution in [0.5, 0.6) is 5.75 Å². The van der Waals surface area contributed by atoms with Crippen molar-refractivity contribution in [2.45, 2.75) is 52.6 Å². The predicted molar refractivity (Wildman–Crippen MR) is 156 cm³/mol. The largest absolute Gasteiger partial charge is 0.497 e. The highest BCUT2D eigenvalue weighted by Gasteiger charge is 2.46. The third-order valence-electron chi connectivity index (χ3n) is 7.17. The second kappa shape index (κ2) is 9.88. The number of fused-ring (bicyclic) bond motifs is 2. The third-order valence-corrected chi connectivity index (χ3v) is 7.17. The number of nitrogens with one attached hydrogen (secondary N) is 1. The number of carbonyl (C=O) groups excluding carboxylic acids is 2. The number of nitrogens with zero attached hydrogens (tertiary/aromatic N) is 1. The molecule has 5 nitrogen and oxygen atoms in total. The fraction of sp³-hybridized carbons (Fsp3) is 0.294. The van der Waals surface area contributed by atoms with Crippen molar-refractivity contribution in [2.75, 3.05) is 7.11 Å². The Morgan fingerprint density at radius 1 is 0.872 bits per heavy atom. The number of methoxy groups -OCH3 is 1. The number of benzene rings is 3. The molecular weight excluding hydrogens is 484 g/mol. The van der Waals surface area contributed by atoms with E-state index in [1.54, 1.807) is 18.1 Å². The molecule has 200 valence electrons. The normalized spacial score (nSPS) is 17.0. The van der Waals surface area contributed by atoms with Crippen molar-refractivity contribution < 1.29 is 14.3 Å². The van der Waals surface area contributed by atoms with Gasteiger partial charge in [-0.25, -0.2) is 0 Å². The van der Waals surface area contributed by atoms with Gasteiger partial charge in [0.15, 0.2) is 0 Å². The van der Waals surface area contributed by atoms with E-state index in [2.05, 4.69) is 26.1 Å². The van der Waals surface area contributed by atoms with Crippen molar-refractivity contribution >= 4 is 23.0 Å². The van der Waals surface area contributed by atoms with E-state index in [0.717, 1.165) is 51.3 Å². The van der Waals surface area contributed by atoms with Gasteiger partial charge in [0.05, 0.1) is 12.8 Å². The van der Waals surface area contributed by atoms with E-state index in [0.29, 0.717) is 0 Å². The van der Waals surface area contributed by atoms with Crippen LogP contribution in [0.1, 0.15) is 69.3 Å². The average Bonchev–Trinajstić information content (AvgIpc) is 3.22. The van der Waals surface area contributed by atoms with Crippen molar-refractivity contribution in [3.8, 4) is 5.75 Å². The van der Waals surface area contributed by atoms with Crippen LogP contribution in [0.25, 0.3) is 11.1 Å². The maximum atomic E-state index is 14.2. The highest BCUT2D eigenvalue weighted by Crippen LogP contribution is 2.49. The molecule has 0 aromatic heterocycles. The zero-order valence-electron chi connectivity index (χ0n) is 23.5. The van der Waals surface area contributed by atoms with Gasteiger partial charge in [-0.05, 0) is 60.1 Å². The molecule has 2 aliphatic heterocycles. The smallest absolute Gasteiger partial charge is 0.252 e. The topological polar surface area (TPSA) is 58.6 Å². The van der Waals surface area contributed by atoms with Crippen LogP contribution in [0.15, 0.2) is 90.6 Å². The number of ether oxygens (including phenoxy) is 1. The van der Waals surface area contributed by atoms with Gasteiger partial charge in [0.2, 0.25) is 5.91 Å². The van der Waals surface area contributed by atoms with Crippen LogP contribution in [0.2, 0.25) is 0 Å². The molecule has 1 unspecified atom stereocenters. The lowest BCUT2D eigenvalue weighted by molar-refractivity contribution is -0.135. The molecule has 1 atom stereocenters. The van der Waals surface area contributed by atoms with E-state index < -0.39 is 11.6 Å². The summed E-state index contributed by atoms with van der Waals surface area (Å²) >= 11 is 0. The number of carbonyl (C=O) groups is 2. The van der Waals surface area contributed by atoms with Crippen LogP contribution in [0.4, 0.5) is 0 Å². The van der Waals surface area contributed by atoms with Crippen molar-refractivity contribution in [3.05, 3.63) is 113 Å². The minimum absolute atomic E-state index is 0.0271. The minimum Gasteiger partial charge on any atom is -0.497 e. The lowest BCUT2D eigenvalue weighted by Crippen LogP contribution is -2.51. The van der Waals surface area contributed by atoms with Gasteiger partial charge < -0.3 is 10.1 Å². The number of allylic oxidation sites excluding steroid dienone is 1. The number of hydrogen-bond acceptors (Lipinski definition) is 3. The van der Waals surface area contributed by atoms with Crippen molar-refractivity contribution in [1.29, 1.82) is 0 Å². The minimum atomic E-state index is -0.789. The first kappa shape index (κ1) is 26.5. The molecule has 5 heteroatoms. The van der Waals surface area contributed by atoms with Crippen LogP contribution in [-0.4, -0.2) is 29.4 Å². The first-order chi connectivity index (χ1) is 18.5. The Morgan fingerprint density at radius 3 is 2.15 bits per heavy atom. The Balaban J connectivity index is 1.71. The van der Waals surface area contributed by atoms with Gasteiger partial charge in [0.25, 0.3) is 5.91 Å². The Kier molecular flexibility index (Phi) is 6.71. The SMILES string of the molecule is COc1ccc(C2=C3C(c4ccccc4)=CC(=O)N3C(C(=O)NC(C)(C)CC(C)(C)C)c3ccccc32)cc1. The zero-order chi connectivity index (χ0) is 27.9. The number of amides is 2. The van der Waals surface area contributed by atoms with Gasteiger partial charge in [-0.2, -0.15) is 0 Å². The van der Waals surface area contributed by atoms with E-state index in [-0.39, 0.29) is 17.2 Å². The van der Waals surface area contributed by atoms with Gasteiger partial charge in [0.1, 0.15) is 11.8 Å². The third kappa shape index (κ3) is 5.14. The Bertz CT molecular complexity index is 1470. The Hall–Kier alpha value is -4.12. The lowest BCUT2D eigenvalue weighted by atomic mass is 9.80. The zero-order valence-corrected chi connectivity index (χ0v) is 23.5.